The molecule has 9 heteroatoms. The van der Waals surface area contributed by atoms with E-state index in [0.717, 1.165) is 48.8 Å². The Morgan fingerprint density at radius 3 is 2.70 bits per heavy atom. The van der Waals surface area contributed by atoms with Crippen molar-refractivity contribution >= 4 is 27.0 Å². The number of ether oxygens (including phenoxy) is 2. The first-order chi connectivity index (χ1) is 17.8. The van der Waals surface area contributed by atoms with Gasteiger partial charge in [0.2, 0.25) is 0 Å². The van der Waals surface area contributed by atoms with Crippen molar-refractivity contribution in [3.05, 3.63) is 59.3 Å². The van der Waals surface area contributed by atoms with Gasteiger partial charge in [-0.15, -0.1) is 0 Å². The van der Waals surface area contributed by atoms with Gasteiger partial charge in [0.25, 0.3) is 0 Å². The average molecular weight is 523 g/mol. The van der Waals surface area contributed by atoms with E-state index in [1.807, 2.05) is 13.0 Å². The van der Waals surface area contributed by atoms with Crippen LogP contribution in [0.2, 0.25) is 0 Å². The van der Waals surface area contributed by atoms with Crippen LogP contribution in [0.25, 0.3) is 10.9 Å². The molecule has 3 aromatic rings. The fourth-order valence-corrected chi connectivity index (χ4v) is 8.18. The summed E-state index contributed by atoms with van der Waals surface area (Å²) in [5.74, 6) is 0.636. The van der Waals surface area contributed by atoms with Gasteiger partial charge in [-0.25, -0.2) is 0 Å². The number of nitrogens with zero attached hydrogens (tertiary/aromatic N) is 1. The summed E-state index contributed by atoms with van der Waals surface area (Å²) in [4.78, 5) is 19.0. The second-order valence-corrected chi connectivity index (χ2v) is 12.5. The topological polar surface area (TPSA) is 97.9 Å². The molecule has 1 saturated carbocycles. The number of nitrogens with one attached hydrogen (secondary N) is 1. The molecule has 194 valence electrons. The van der Waals surface area contributed by atoms with Crippen LogP contribution in [0.15, 0.2) is 47.4 Å². The molecule has 2 saturated heterocycles. The zero-order valence-electron chi connectivity index (χ0n) is 20.8. The predicted molar refractivity (Wildman–Crippen MR) is 136 cm³/mol. The second-order valence-electron chi connectivity index (χ2n) is 10.9. The number of esters is 1. The van der Waals surface area contributed by atoms with Crippen molar-refractivity contribution in [1.82, 2.24) is 9.88 Å². The van der Waals surface area contributed by atoms with Crippen molar-refractivity contribution in [3.63, 3.8) is 0 Å². The zero-order chi connectivity index (χ0) is 25.5. The summed E-state index contributed by atoms with van der Waals surface area (Å²) in [7, 11) is -2.25. The van der Waals surface area contributed by atoms with Crippen molar-refractivity contribution in [1.29, 1.82) is 0 Å². The molecule has 1 aromatic heterocycles. The largest absolute Gasteiger partial charge is 0.459 e. The summed E-state index contributed by atoms with van der Waals surface area (Å²) < 4.78 is 42.5. The Hall–Kier alpha value is -2.88. The molecule has 37 heavy (non-hydrogen) atoms. The molecule has 3 fully saturated rings. The number of methoxy groups -OCH3 is 1. The highest BCUT2D eigenvalue weighted by atomic mass is 32.2. The van der Waals surface area contributed by atoms with Gasteiger partial charge >= 0.3 is 16.1 Å². The molecule has 2 bridgehead atoms. The average Bonchev–Trinajstić information content (AvgIpc) is 3.35. The number of carbonyl (C=O) groups excluding carboxylic acids is 1. The first kappa shape index (κ1) is 23.3. The van der Waals surface area contributed by atoms with Gasteiger partial charge in [-0.1, -0.05) is 17.7 Å². The van der Waals surface area contributed by atoms with E-state index in [0.29, 0.717) is 5.92 Å². The van der Waals surface area contributed by atoms with Gasteiger partial charge in [-0.05, 0) is 67.9 Å². The maximum Gasteiger partial charge on any atom is 0.339 e. The Balaban J connectivity index is 1.19. The highest BCUT2D eigenvalue weighted by Gasteiger charge is 2.58. The smallest absolute Gasteiger partial charge is 0.339 e. The summed E-state index contributed by atoms with van der Waals surface area (Å²) in [5, 5.41) is 1.09. The summed E-state index contributed by atoms with van der Waals surface area (Å²) >= 11 is 0. The number of aromatic amines is 1. The van der Waals surface area contributed by atoms with Gasteiger partial charge in [0.05, 0.1) is 12.0 Å². The summed E-state index contributed by atoms with van der Waals surface area (Å²) in [5.41, 5.74) is 4.29. The van der Waals surface area contributed by atoms with E-state index in [1.54, 1.807) is 43.5 Å². The Kier molecular flexibility index (Phi) is 5.22. The van der Waals surface area contributed by atoms with E-state index in [-0.39, 0.29) is 46.7 Å². The van der Waals surface area contributed by atoms with Gasteiger partial charge < -0.3 is 18.6 Å². The molecule has 1 N–H and O–H groups in total. The summed E-state index contributed by atoms with van der Waals surface area (Å²) in [6.07, 6.45) is 2.39. The van der Waals surface area contributed by atoms with Gasteiger partial charge in [0.1, 0.15) is 22.9 Å². The lowest BCUT2D eigenvalue weighted by molar-refractivity contribution is -0.144. The van der Waals surface area contributed by atoms with Crippen LogP contribution in [0.4, 0.5) is 0 Å². The third kappa shape index (κ3) is 3.62. The molecule has 3 aliphatic heterocycles. The Morgan fingerprint density at radius 2 is 1.92 bits per heavy atom. The van der Waals surface area contributed by atoms with E-state index >= 15 is 0 Å². The van der Waals surface area contributed by atoms with E-state index < -0.39 is 10.1 Å². The van der Waals surface area contributed by atoms with Crippen molar-refractivity contribution in [2.75, 3.05) is 20.2 Å². The number of benzene rings is 2. The predicted octanol–water partition coefficient (Wildman–Crippen LogP) is 3.74. The van der Waals surface area contributed by atoms with E-state index in [9.17, 15) is 13.2 Å². The Bertz CT molecular complexity index is 1500. The van der Waals surface area contributed by atoms with Crippen LogP contribution in [0.3, 0.4) is 0 Å². The number of rotatable bonds is 4. The highest BCUT2D eigenvalue weighted by Crippen LogP contribution is 2.52. The number of H-pyrrole nitrogens is 1. The van der Waals surface area contributed by atoms with Crippen molar-refractivity contribution in [3.8, 4) is 5.75 Å². The molecule has 4 aliphatic rings. The SMILES string of the molecule is CO[C@@H]1[C@H]2C(=O)O[C@@H]1C[C@@H]1CN3CCc4c([nH]c5cc(OS(=O)(=O)c6ccc(C)cc6)ccc45)[C@H]3C[C@@H]12. The number of hydrogen-bond acceptors (Lipinski definition) is 7. The quantitative estimate of drug-likeness (QED) is 0.412. The maximum atomic E-state index is 12.8. The normalized spacial score (nSPS) is 30.9. The minimum Gasteiger partial charge on any atom is -0.459 e. The Labute approximate surface area is 216 Å². The molecule has 0 radical (unpaired) electrons. The van der Waals surface area contributed by atoms with Crippen LogP contribution in [0, 0.1) is 24.7 Å². The van der Waals surface area contributed by atoms with E-state index in [2.05, 4.69) is 9.88 Å². The summed E-state index contributed by atoms with van der Waals surface area (Å²) in [6.45, 7) is 3.82. The highest BCUT2D eigenvalue weighted by molar-refractivity contribution is 7.87. The molecule has 0 unspecified atom stereocenters. The maximum absolute atomic E-state index is 12.8. The van der Waals surface area contributed by atoms with Crippen LogP contribution in [0.5, 0.6) is 5.75 Å². The lowest BCUT2D eigenvalue weighted by atomic mass is 9.65. The number of aromatic nitrogens is 1. The number of piperidine rings is 1. The lowest BCUT2D eigenvalue weighted by Gasteiger charge is -2.50. The fraction of sp³-hybridized carbons (Fsp3) is 0.464. The number of fused-ring (bicyclic) bond motifs is 9. The van der Waals surface area contributed by atoms with Crippen LogP contribution < -0.4 is 4.18 Å². The zero-order valence-corrected chi connectivity index (χ0v) is 21.7. The number of aryl methyl sites for hydroxylation is 1. The number of carbonyl (C=O) groups is 1. The van der Waals surface area contributed by atoms with Gasteiger partial charge in [-0.3, -0.25) is 9.69 Å². The molecular formula is C28H30N2O6S. The standard InChI is InChI=1S/C28H30N2O6S/c1-15-3-6-18(7-4-15)37(32,33)36-17-5-8-19-20-9-10-30-14-16-11-24-27(34-2)25(28(31)35-24)21(16)13-23(30)26(20)29-22(19)12-17/h3-8,12,16,21,23-25,27,29H,9-11,13-14H2,1-2H3/t16-,21+,23-,24-,25+,27+/m1/s1. The number of hydrogen-bond donors (Lipinski definition) is 1. The van der Waals surface area contributed by atoms with E-state index in [1.165, 1.54) is 11.3 Å². The molecule has 7 rings (SSSR count). The van der Waals surface area contributed by atoms with E-state index in [4.69, 9.17) is 13.7 Å². The summed E-state index contributed by atoms with van der Waals surface area (Å²) in [6, 6.07) is 12.3. The van der Waals surface area contributed by atoms with Crippen molar-refractivity contribution in [2.24, 2.45) is 17.8 Å². The molecule has 0 spiro atoms. The van der Waals surface area contributed by atoms with Crippen LogP contribution >= 0.6 is 0 Å². The van der Waals surface area contributed by atoms with Gasteiger partial charge in [-0.2, -0.15) is 8.42 Å². The molecule has 4 heterocycles. The monoisotopic (exact) mass is 522 g/mol. The first-order valence-corrected chi connectivity index (χ1v) is 14.4. The minimum atomic E-state index is -3.93. The van der Waals surface area contributed by atoms with Crippen LogP contribution in [-0.2, 0) is 30.8 Å². The molecule has 6 atom stereocenters. The Morgan fingerprint density at radius 1 is 1.11 bits per heavy atom. The van der Waals surface area contributed by atoms with Gasteiger partial charge in [0.15, 0.2) is 0 Å². The third-order valence-corrected chi connectivity index (χ3v) is 10.2. The molecule has 8 nitrogen and oxygen atoms in total. The molecule has 0 amide bonds. The molecule has 1 aliphatic carbocycles. The third-order valence-electron chi connectivity index (χ3n) is 8.95. The lowest BCUT2D eigenvalue weighted by Crippen LogP contribution is -2.53. The minimum absolute atomic E-state index is 0.109. The first-order valence-electron chi connectivity index (χ1n) is 13.0. The molecule has 2 aromatic carbocycles. The molecular weight excluding hydrogens is 492 g/mol. The van der Waals surface area contributed by atoms with Crippen LogP contribution in [0.1, 0.15) is 35.7 Å². The fourth-order valence-electron chi connectivity index (χ4n) is 7.25. The van der Waals surface area contributed by atoms with Crippen molar-refractivity contribution in [2.45, 2.75) is 49.3 Å². The van der Waals surface area contributed by atoms with Gasteiger partial charge in [0, 0.05) is 42.9 Å². The van der Waals surface area contributed by atoms with Crippen LogP contribution in [-0.4, -0.2) is 56.7 Å². The second kappa shape index (κ2) is 8.31. The van der Waals surface area contributed by atoms with Crippen molar-refractivity contribution < 1.29 is 26.9 Å².